The molecule has 0 radical (unpaired) electrons. The predicted molar refractivity (Wildman–Crippen MR) is 85.4 cm³/mol. The van der Waals surface area contributed by atoms with E-state index >= 15 is 0 Å². The van der Waals surface area contributed by atoms with Crippen LogP contribution in [-0.4, -0.2) is 61.8 Å². The molecule has 22 heavy (non-hydrogen) atoms. The van der Waals surface area contributed by atoms with Gasteiger partial charge in [0.15, 0.2) is 0 Å². The topological polar surface area (TPSA) is 62.7 Å². The van der Waals surface area contributed by atoms with Crippen molar-refractivity contribution in [1.29, 1.82) is 0 Å². The molecule has 2 aliphatic heterocycles. The lowest BCUT2D eigenvalue weighted by Crippen LogP contribution is -2.61. The van der Waals surface area contributed by atoms with Crippen molar-refractivity contribution < 1.29 is 13.2 Å². The van der Waals surface area contributed by atoms with Gasteiger partial charge in [-0.1, -0.05) is 6.07 Å². The number of anilines is 1. The number of pyridine rings is 1. The van der Waals surface area contributed by atoms with Gasteiger partial charge in [-0.15, -0.1) is 0 Å². The van der Waals surface area contributed by atoms with Crippen molar-refractivity contribution >= 4 is 15.8 Å². The Morgan fingerprint density at radius 1 is 1.32 bits per heavy atom. The summed E-state index contributed by atoms with van der Waals surface area (Å²) in [5.74, 6) is 1.08. The van der Waals surface area contributed by atoms with E-state index in [0.29, 0.717) is 26.2 Å². The first-order valence-electron chi connectivity index (χ1n) is 7.82. The zero-order chi connectivity index (χ0) is 15.6. The number of rotatable bonds is 3. The molecule has 1 aromatic heterocycles. The third-order valence-electron chi connectivity index (χ3n) is 4.48. The SMILES string of the molecule is CCS(=O)(=O)N1CCO[C@@]2(CCCN(c3ccccn3)C2)C1. The molecular formula is C15H23N3O3S. The highest BCUT2D eigenvalue weighted by Crippen LogP contribution is 2.31. The summed E-state index contributed by atoms with van der Waals surface area (Å²) in [6.07, 6.45) is 3.66. The number of hydrogen-bond acceptors (Lipinski definition) is 5. The van der Waals surface area contributed by atoms with E-state index in [1.807, 2.05) is 18.2 Å². The van der Waals surface area contributed by atoms with Crippen LogP contribution in [0, 0.1) is 0 Å². The van der Waals surface area contributed by atoms with E-state index in [0.717, 1.165) is 25.2 Å². The van der Waals surface area contributed by atoms with Crippen LogP contribution < -0.4 is 4.90 Å². The zero-order valence-electron chi connectivity index (χ0n) is 12.9. The standard InChI is InChI=1S/C15H23N3O3S/c1-2-22(19,20)18-10-11-21-15(13-18)7-5-9-17(12-15)14-6-3-4-8-16-14/h3-4,6,8H,2,5,7,9-13H2,1H3/t15-/m1/s1. The van der Waals surface area contributed by atoms with Gasteiger partial charge < -0.3 is 9.64 Å². The van der Waals surface area contributed by atoms with E-state index in [1.54, 1.807) is 17.4 Å². The lowest BCUT2D eigenvalue weighted by Gasteiger charge is -2.47. The Hall–Kier alpha value is -1.18. The maximum atomic E-state index is 12.2. The smallest absolute Gasteiger partial charge is 0.214 e. The van der Waals surface area contributed by atoms with Crippen molar-refractivity contribution in [3.63, 3.8) is 0 Å². The summed E-state index contributed by atoms with van der Waals surface area (Å²) >= 11 is 0. The van der Waals surface area contributed by atoms with Crippen LogP contribution in [0.4, 0.5) is 5.82 Å². The molecular weight excluding hydrogens is 302 g/mol. The molecule has 0 aliphatic carbocycles. The largest absolute Gasteiger partial charge is 0.370 e. The molecule has 0 N–H and O–H groups in total. The minimum Gasteiger partial charge on any atom is -0.370 e. The normalized spacial score (nSPS) is 27.2. The minimum atomic E-state index is -3.16. The predicted octanol–water partition coefficient (Wildman–Crippen LogP) is 1.10. The molecule has 3 rings (SSSR count). The summed E-state index contributed by atoms with van der Waals surface area (Å²) in [4.78, 5) is 6.60. The maximum Gasteiger partial charge on any atom is 0.214 e. The molecule has 3 heterocycles. The van der Waals surface area contributed by atoms with Gasteiger partial charge in [-0.3, -0.25) is 0 Å². The Balaban J connectivity index is 1.78. The van der Waals surface area contributed by atoms with Gasteiger partial charge >= 0.3 is 0 Å². The first kappa shape index (κ1) is 15.7. The lowest BCUT2D eigenvalue weighted by molar-refractivity contribution is -0.0950. The van der Waals surface area contributed by atoms with E-state index in [-0.39, 0.29) is 5.75 Å². The summed E-state index contributed by atoms with van der Waals surface area (Å²) in [7, 11) is -3.16. The number of morpholine rings is 1. The van der Waals surface area contributed by atoms with Gasteiger partial charge in [0.25, 0.3) is 0 Å². The van der Waals surface area contributed by atoms with Crippen LogP contribution in [0.15, 0.2) is 24.4 Å². The van der Waals surface area contributed by atoms with Crippen LogP contribution in [0.2, 0.25) is 0 Å². The summed E-state index contributed by atoms with van der Waals surface area (Å²) in [5, 5.41) is 0. The van der Waals surface area contributed by atoms with Gasteiger partial charge in [0.1, 0.15) is 5.82 Å². The molecule has 0 amide bonds. The van der Waals surface area contributed by atoms with Crippen LogP contribution in [0.3, 0.4) is 0 Å². The van der Waals surface area contributed by atoms with Crippen molar-refractivity contribution in [2.45, 2.75) is 25.4 Å². The van der Waals surface area contributed by atoms with E-state index in [2.05, 4.69) is 9.88 Å². The summed E-state index contributed by atoms with van der Waals surface area (Å²) in [5.41, 5.74) is -0.406. The fourth-order valence-electron chi connectivity index (χ4n) is 3.31. The second kappa shape index (κ2) is 6.14. The quantitative estimate of drug-likeness (QED) is 0.833. The molecule has 1 spiro atoms. The summed E-state index contributed by atoms with van der Waals surface area (Å²) in [6.45, 7) is 4.70. The highest BCUT2D eigenvalue weighted by Gasteiger charge is 2.43. The first-order valence-corrected chi connectivity index (χ1v) is 9.43. The van der Waals surface area contributed by atoms with Crippen LogP contribution in [0.5, 0.6) is 0 Å². The molecule has 1 aromatic rings. The Bertz CT molecular complexity index is 604. The molecule has 1 atom stereocenters. The molecule has 2 aliphatic rings. The van der Waals surface area contributed by atoms with Crippen molar-refractivity contribution in [2.24, 2.45) is 0 Å². The molecule has 0 unspecified atom stereocenters. The number of sulfonamides is 1. The Morgan fingerprint density at radius 2 is 2.18 bits per heavy atom. The van der Waals surface area contributed by atoms with E-state index < -0.39 is 15.6 Å². The van der Waals surface area contributed by atoms with Crippen LogP contribution in [0.1, 0.15) is 19.8 Å². The Labute approximate surface area is 132 Å². The highest BCUT2D eigenvalue weighted by atomic mass is 32.2. The number of piperidine rings is 1. The zero-order valence-corrected chi connectivity index (χ0v) is 13.8. The second-order valence-electron chi connectivity index (χ2n) is 5.98. The van der Waals surface area contributed by atoms with E-state index in [1.165, 1.54) is 0 Å². The maximum absolute atomic E-state index is 12.2. The molecule has 7 heteroatoms. The van der Waals surface area contributed by atoms with Gasteiger partial charge in [-0.2, -0.15) is 4.31 Å². The van der Waals surface area contributed by atoms with Crippen molar-refractivity contribution in [1.82, 2.24) is 9.29 Å². The minimum absolute atomic E-state index is 0.146. The monoisotopic (exact) mass is 325 g/mol. The Morgan fingerprint density at radius 3 is 2.91 bits per heavy atom. The summed E-state index contributed by atoms with van der Waals surface area (Å²) in [6, 6.07) is 5.86. The van der Waals surface area contributed by atoms with E-state index in [9.17, 15) is 8.42 Å². The number of ether oxygens (including phenoxy) is 1. The average molecular weight is 325 g/mol. The van der Waals surface area contributed by atoms with E-state index in [4.69, 9.17) is 4.74 Å². The van der Waals surface area contributed by atoms with Crippen LogP contribution in [-0.2, 0) is 14.8 Å². The van der Waals surface area contributed by atoms with Crippen LogP contribution in [0.25, 0.3) is 0 Å². The third kappa shape index (κ3) is 3.11. The fourth-order valence-corrected chi connectivity index (χ4v) is 4.46. The first-order chi connectivity index (χ1) is 10.5. The third-order valence-corrected chi connectivity index (χ3v) is 6.31. The molecule has 2 saturated heterocycles. The van der Waals surface area contributed by atoms with Crippen molar-refractivity contribution in [3.05, 3.63) is 24.4 Å². The summed E-state index contributed by atoms with van der Waals surface area (Å²) < 4.78 is 32.0. The van der Waals surface area contributed by atoms with Gasteiger partial charge in [-0.25, -0.2) is 13.4 Å². The molecule has 122 valence electrons. The molecule has 0 aromatic carbocycles. The van der Waals surface area contributed by atoms with Crippen molar-refractivity contribution in [3.8, 4) is 0 Å². The fraction of sp³-hybridized carbons (Fsp3) is 0.667. The van der Waals surface area contributed by atoms with Gasteiger partial charge in [0, 0.05) is 32.4 Å². The Kier molecular flexibility index (Phi) is 4.38. The van der Waals surface area contributed by atoms with Gasteiger partial charge in [0.2, 0.25) is 10.0 Å². The van der Waals surface area contributed by atoms with Crippen molar-refractivity contribution in [2.75, 3.05) is 43.4 Å². The molecule has 2 fully saturated rings. The highest BCUT2D eigenvalue weighted by molar-refractivity contribution is 7.89. The van der Waals surface area contributed by atoms with Gasteiger partial charge in [0.05, 0.1) is 18.0 Å². The second-order valence-corrected chi connectivity index (χ2v) is 8.24. The number of aromatic nitrogens is 1. The molecule has 0 bridgehead atoms. The van der Waals surface area contributed by atoms with Crippen LogP contribution >= 0.6 is 0 Å². The van der Waals surface area contributed by atoms with Gasteiger partial charge in [-0.05, 0) is 31.9 Å². The molecule has 0 saturated carbocycles. The number of hydrogen-bond donors (Lipinski definition) is 0. The average Bonchev–Trinajstić information content (AvgIpc) is 2.56. The number of nitrogens with zero attached hydrogens (tertiary/aromatic N) is 3. The lowest BCUT2D eigenvalue weighted by atomic mass is 9.91. The molecule has 6 nitrogen and oxygen atoms in total.